The molecule has 0 aromatic heterocycles. The van der Waals surface area contributed by atoms with Crippen LogP contribution in [0.1, 0.15) is 12.5 Å². The number of nitro groups is 1. The van der Waals surface area contributed by atoms with Crippen molar-refractivity contribution in [1.82, 2.24) is 4.31 Å². The largest absolute Gasteiger partial charge is 0.465 e. The van der Waals surface area contributed by atoms with E-state index in [2.05, 4.69) is 0 Å². The molecule has 1 rings (SSSR count). The topological polar surface area (TPSA) is 116 Å². The Bertz CT molecular complexity index is 703. The van der Waals surface area contributed by atoms with Crippen molar-refractivity contribution >= 4 is 21.7 Å². The second kappa shape index (κ2) is 8.71. The van der Waals surface area contributed by atoms with Crippen LogP contribution in [0, 0.1) is 17.0 Å². The number of carbonyl (C=O) groups excluding carboxylic acids is 1. The fourth-order valence-corrected chi connectivity index (χ4v) is 3.56. The molecule has 10 heteroatoms. The summed E-state index contributed by atoms with van der Waals surface area (Å²) in [6.45, 7) is 2.73. The summed E-state index contributed by atoms with van der Waals surface area (Å²) < 4.78 is 36.2. The molecule has 0 radical (unpaired) electrons. The Morgan fingerprint density at radius 2 is 2.04 bits per heavy atom. The number of sulfonamides is 1. The van der Waals surface area contributed by atoms with Gasteiger partial charge in [0.1, 0.15) is 6.54 Å². The zero-order chi connectivity index (χ0) is 18.3. The number of nitrogens with zero attached hydrogens (tertiary/aromatic N) is 2. The van der Waals surface area contributed by atoms with E-state index in [0.29, 0.717) is 5.56 Å². The number of nitro benzene ring substituents is 1. The van der Waals surface area contributed by atoms with Crippen LogP contribution in [-0.4, -0.2) is 57.0 Å². The van der Waals surface area contributed by atoms with Crippen LogP contribution in [0.25, 0.3) is 0 Å². The summed E-state index contributed by atoms with van der Waals surface area (Å²) in [4.78, 5) is 21.7. The molecule has 0 unspecified atom stereocenters. The summed E-state index contributed by atoms with van der Waals surface area (Å²) in [6, 6.07) is 3.55. The molecule has 1 aromatic rings. The Labute approximate surface area is 140 Å². The maximum absolute atomic E-state index is 12.8. The van der Waals surface area contributed by atoms with Gasteiger partial charge in [-0.1, -0.05) is 6.07 Å². The van der Waals surface area contributed by atoms with E-state index < -0.39 is 27.5 Å². The molecular weight excluding hydrogens is 340 g/mol. The summed E-state index contributed by atoms with van der Waals surface area (Å²) in [6.07, 6.45) is 0. The van der Waals surface area contributed by atoms with E-state index in [1.807, 2.05) is 0 Å². The quantitative estimate of drug-likeness (QED) is 0.368. The number of esters is 1. The van der Waals surface area contributed by atoms with E-state index in [-0.39, 0.29) is 30.3 Å². The highest BCUT2D eigenvalue weighted by molar-refractivity contribution is 7.89. The second-order valence-corrected chi connectivity index (χ2v) is 6.75. The van der Waals surface area contributed by atoms with Gasteiger partial charge in [-0.3, -0.25) is 14.9 Å². The number of methoxy groups -OCH3 is 1. The third kappa shape index (κ3) is 4.98. The lowest BCUT2D eigenvalue weighted by Gasteiger charge is -2.21. The monoisotopic (exact) mass is 360 g/mol. The number of non-ortho nitro benzene ring substituents is 1. The van der Waals surface area contributed by atoms with Crippen LogP contribution in [0.4, 0.5) is 5.69 Å². The Kier molecular flexibility index (Phi) is 7.26. The van der Waals surface area contributed by atoms with Gasteiger partial charge in [-0.2, -0.15) is 4.31 Å². The maximum Gasteiger partial charge on any atom is 0.321 e. The molecule has 0 atom stereocenters. The van der Waals surface area contributed by atoms with Gasteiger partial charge < -0.3 is 9.47 Å². The van der Waals surface area contributed by atoms with Gasteiger partial charge in [0.25, 0.3) is 5.69 Å². The van der Waals surface area contributed by atoms with Crippen LogP contribution in [0.2, 0.25) is 0 Å². The van der Waals surface area contributed by atoms with Gasteiger partial charge in [-0.15, -0.1) is 0 Å². The lowest BCUT2D eigenvalue weighted by atomic mass is 10.2. The van der Waals surface area contributed by atoms with Gasteiger partial charge in [0, 0.05) is 25.8 Å². The van der Waals surface area contributed by atoms with E-state index in [1.54, 1.807) is 6.92 Å². The van der Waals surface area contributed by atoms with Crippen molar-refractivity contribution in [2.45, 2.75) is 18.7 Å². The highest BCUT2D eigenvalue weighted by Crippen LogP contribution is 2.24. The number of carbonyl (C=O) groups is 1. The van der Waals surface area contributed by atoms with Crippen LogP contribution in [0.5, 0.6) is 0 Å². The van der Waals surface area contributed by atoms with Crippen molar-refractivity contribution in [3.63, 3.8) is 0 Å². The highest BCUT2D eigenvalue weighted by atomic mass is 32.2. The molecule has 0 aliphatic rings. The SMILES string of the molecule is CCOC(=O)CN(CCOC)S(=O)(=O)c1cc([N+](=O)[O-])ccc1C. The van der Waals surface area contributed by atoms with Gasteiger partial charge >= 0.3 is 5.97 Å². The smallest absolute Gasteiger partial charge is 0.321 e. The van der Waals surface area contributed by atoms with Crippen molar-refractivity contribution in [2.75, 3.05) is 33.4 Å². The third-order valence-corrected chi connectivity index (χ3v) is 5.14. The van der Waals surface area contributed by atoms with E-state index in [4.69, 9.17) is 9.47 Å². The minimum absolute atomic E-state index is 0.0621. The van der Waals surface area contributed by atoms with Crippen molar-refractivity contribution in [3.05, 3.63) is 33.9 Å². The molecule has 0 fully saturated rings. The molecule has 134 valence electrons. The molecule has 0 aliphatic carbocycles. The molecule has 0 N–H and O–H groups in total. The maximum atomic E-state index is 12.8. The average molecular weight is 360 g/mol. The van der Waals surface area contributed by atoms with Crippen LogP contribution in [0.3, 0.4) is 0 Å². The minimum atomic E-state index is -4.13. The highest BCUT2D eigenvalue weighted by Gasteiger charge is 2.29. The zero-order valence-electron chi connectivity index (χ0n) is 13.7. The summed E-state index contributed by atoms with van der Waals surface area (Å²) in [7, 11) is -2.73. The summed E-state index contributed by atoms with van der Waals surface area (Å²) in [5.74, 6) is -0.708. The van der Waals surface area contributed by atoms with Gasteiger partial charge in [0.05, 0.1) is 23.0 Å². The lowest BCUT2D eigenvalue weighted by Crippen LogP contribution is -2.39. The molecule has 0 amide bonds. The van der Waals surface area contributed by atoms with Gasteiger partial charge in [-0.25, -0.2) is 8.42 Å². The molecule has 0 saturated heterocycles. The first-order valence-electron chi connectivity index (χ1n) is 7.13. The number of benzene rings is 1. The molecule has 0 saturated carbocycles. The van der Waals surface area contributed by atoms with E-state index in [1.165, 1.54) is 26.2 Å². The Hall–Kier alpha value is -2.04. The van der Waals surface area contributed by atoms with Crippen molar-refractivity contribution in [3.8, 4) is 0 Å². The van der Waals surface area contributed by atoms with E-state index in [9.17, 15) is 23.3 Å². The molecule has 0 bridgehead atoms. The molecule has 1 aromatic carbocycles. The van der Waals surface area contributed by atoms with Gasteiger partial charge in [0.2, 0.25) is 10.0 Å². The molecule has 0 heterocycles. The number of rotatable bonds is 9. The van der Waals surface area contributed by atoms with E-state index in [0.717, 1.165) is 10.4 Å². The summed E-state index contributed by atoms with van der Waals surface area (Å²) in [5.41, 5.74) is -0.00567. The number of aryl methyl sites for hydroxylation is 1. The Morgan fingerprint density at radius 3 is 2.58 bits per heavy atom. The normalized spacial score (nSPS) is 11.5. The van der Waals surface area contributed by atoms with Crippen LogP contribution in [-0.2, 0) is 24.3 Å². The molecule has 24 heavy (non-hydrogen) atoms. The first-order valence-corrected chi connectivity index (χ1v) is 8.57. The number of hydrogen-bond donors (Lipinski definition) is 0. The van der Waals surface area contributed by atoms with Crippen molar-refractivity contribution in [1.29, 1.82) is 0 Å². The van der Waals surface area contributed by atoms with Gasteiger partial charge in [-0.05, 0) is 19.4 Å². The minimum Gasteiger partial charge on any atom is -0.465 e. The fraction of sp³-hybridized carbons (Fsp3) is 0.500. The molecule has 0 aliphatic heterocycles. The standard InChI is InChI=1S/C14H20N2O7S/c1-4-23-14(17)10-15(7-8-22-3)24(20,21)13-9-12(16(18)19)6-5-11(13)2/h5-6,9H,4,7-8,10H2,1-3H3. The molecule has 9 nitrogen and oxygen atoms in total. The number of ether oxygens (including phenoxy) is 2. The number of hydrogen-bond acceptors (Lipinski definition) is 7. The zero-order valence-corrected chi connectivity index (χ0v) is 14.5. The van der Waals surface area contributed by atoms with E-state index >= 15 is 0 Å². The first-order chi connectivity index (χ1) is 11.2. The second-order valence-electron chi connectivity index (χ2n) is 4.84. The van der Waals surface area contributed by atoms with Crippen LogP contribution < -0.4 is 0 Å². The average Bonchev–Trinajstić information content (AvgIpc) is 2.51. The predicted octanol–water partition coefficient (Wildman–Crippen LogP) is 1.10. The van der Waals surface area contributed by atoms with Crippen LogP contribution in [0.15, 0.2) is 23.1 Å². The third-order valence-electron chi connectivity index (χ3n) is 3.16. The van der Waals surface area contributed by atoms with Crippen LogP contribution >= 0.6 is 0 Å². The van der Waals surface area contributed by atoms with Crippen molar-refractivity contribution in [2.24, 2.45) is 0 Å². The fourth-order valence-electron chi connectivity index (χ4n) is 1.95. The Morgan fingerprint density at radius 1 is 1.38 bits per heavy atom. The summed E-state index contributed by atoms with van der Waals surface area (Å²) >= 11 is 0. The first kappa shape index (κ1) is 20.0. The molecule has 0 spiro atoms. The Balaban J connectivity index is 3.26. The van der Waals surface area contributed by atoms with Crippen molar-refractivity contribution < 1.29 is 27.6 Å². The summed E-state index contributed by atoms with van der Waals surface area (Å²) in [5, 5.41) is 10.9. The molecular formula is C14H20N2O7S. The predicted molar refractivity (Wildman–Crippen MR) is 85.1 cm³/mol. The van der Waals surface area contributed by atoms with Gasteiger partial charge in [0.15, 0.2) is 0 Å². The lowest BCUT2D eigenvalue weighted by molar-refractivity contribution is -0.385.